The summed E-state index contributed by atoms with van der Waals surface area (Å²) in [7, 11) is 0. The highest BCUT2D eigenvalue weighted by atomic mass is 15.1. The fourth-order valence-corrected chi connectivity index (χ4v) is 6.97. The van der Waals surface area contributed by atoms with Gasteiger partial charge in [-0.05, 0) is 72.5 Å². The van der Waals surface area contributed by atoms with Gasteiger partial charge in [0.05, 0.1) is 0 Å². The number of likely N-dealkylation sites (tertiary alicyclic amines) is 2. The van der Waals surface area contributed by atoms with Crippen molar-refractivity contribution < 1.29 is 0 Å². The van der Waals surface area contributed by atoms with Gasteiger partial charge in [0.2, 0.25) is 0 Å². The van der Waals surface area contributed by atoms with Gasteiger partial charge in [-0.1, -0.05) is 127 Å². The quantitative estimate of drug-likeness (QED) is 0.197. The minimum Gasteiger partial charge on any atom is -0.312 e. The molecule has 2 fully saturated rings. The Morgan fingerprint density at radius 2 is 1.33 bits per heavy atom. The number of nitrogens with zero attached hydrogens (tertiary/aromatic N) is 2. The summed E-state index contributed by atoms with van der Waals surface area (Å²) < 4.78 is 0. The van der Waals surface area contributed by atoms with Crippen LogP contribution in [0.25, 0.3) is 6.08 Å². The van der Waals surface area contributed by atoms with Crippen LogP contribution < -0.4 is 5.32 Å². The molecular weight excluding hydrogens is 522 g/mol. The predicted molar refractivity (Wildman–Crippen MR) is 181 cm³/mol. The number of piperidine rings is 2. The first-order valence-electron chi connectivity index (χ1n) is 16.4. The zero-order chi connectivity index (χ0) is 29.1. The van der Waals surface area contributed by atoms with Gasteiger partial charge in [-0.3, -0.25) is 4.90 Å². The number of hydrogen-bond acceptors (Lipinski definition) is 3. The Morgan fingerprint density at radius 3 is 2.02 bits per heavy atom. The molecule has 1 atom stereocenters. The largest absolute Gasteiger partial charge is 0.312 e. The molecule has 2 aliphatic rings. The van der Waals surface area contributed by atoms with E-state index in [1.807, 2.05) is 0 Å². The molecule has 2 aliphatic heterocycles. The third-order valence-electron chi connectivity index (χ3n) is 9.36. The van der Waals surface area contributed by atoms with E-state index in [4.69, 9.17) is 0 Å². The van der Waals surface area contributed by atoms with Gasteiger partial charge < -0.3 is 10.2 Å². The number of benzene rings is 4. The van der Waals surface area contributed by atoms with Gasteiger partial charge in [-0.25, -0.2) is 0 Å². The summed E-state index contributed by atoms with van der Waals surface area (Å²) >= 11 is 0. The van der Waals surface area contributed by atoms with Crippen LogP contribution in [0.5, 0.6) is 0 Å². The van der Waals surface area contributed by atoms with Crippen LogP contribution in [0.1, 0.15) is 59.4 Å². The lowest BCUT2D eigenvalue weighted by Crippen LogP contribution is -2.39. The van der Waals surface area contributed by atoms with Crippen molar-refractivity contribution in [3.63, 3.8) is 0 Å². The smallest absolute Gasteiger partial charge is 0.0233 e. The van der Waals surface area contributed by atoms with Crippen molar-refractivity contribution in [1.82, 2.24) is 15.1 Å². The highest BCUT2D eigenvalue weighted by molar-refractivity contribution is 5.57. The Hall–Kier alpha value is -3.50. The second-order valence-electron chi connectivity index (χ2n) is 12.5. The Morgan fingerprint density at radius 1 is 0.698 bits per heavy atom. The highest BCUT2D eigenvalue weighted by Gasteiger charge is 2.22. The first-order chi connectivity index (χ1) is 21.3. The first kappa shape index (κ1) is 29.6. The van der Waals surface area contributed by atoms with Crippen LogP contribution in [0.2, 0.25) is 0 Å². The Balaban J connectivity index is 1.01. The maximum Gasteiger partial charge on any atom is 0.0233 e. The molecule has 0 aliphatic carbocycles. The van der Waals surface area contributed by atoms with Gasteiger partial charge in [0, 0.05) is 45.2 Å². The van der Waals surface area contributed by atoms with E-state index in [2.05, 4.69) is 136 Å². The van der Waals surface area contributed by atoms with Crippen LogP contribution in [-0.2, 0) is 13.1 Å². The predicted octanol–water partition coefficient (Wildman–Crippen LogP) is 8.00. The van der Waals surface area contributed by atoms with Crippen molar-refractivity contribution in [2.45, 2.75) is 44.7 Å². The molecule has 4 aromatic carbocycles. The summed E-state index contributed by atoms with van der Waals surface area (Å²) in [6.45, 7) is 8.85. The molecular formula is C40H47N3. The summed E-state index contributed by atoms with van der Waals surface area (Å²) in [4.78, 5) is 5.30. The minimum atomic E-state index is 0.411. The normalized spacial score (nSPS) is 18.2. The SMILES string of the molecule is C(=C1CCN(CC(c2ccccc2)c2ccccc2)CC1)c1ccccc1CNCC1CCCN(Cc2ccccc2)C1. The lowest BCUT2D eigenvalue weighted by molar-refractivity contribution is 0.165. The Bertz CT molecular complexity index is 1370. The van der Waals surface area contributed by atoms with E-state index in [0.717, 1.165) is 58.0 Å². The summed E-state index contributed by atoms with van der Waals surface area (Å²) in [5, 5.41) is 3.83. The lowest BCUT2D eigenvalue weighted by Gasteiger charge is -2.33. The van der Waals surface area contributed by atoms with Gasteiger partial charge >= 0.3 is 0 Å². The fourth-order valence-electron chi connectivity index (χ4n) is 6.97. The molecule has 4 aromatic rings. The zero-order valence-corrected chi connectivity index (χ0v) is 25.6. The van der Waals surface area contributed by atoms with E-state index < -0.39 is 0 Å². The molecule has 3 heteroatoms. The standard InChI is InChI=1S/C40H47N3/c1-4-13-34(14-5-1)30-43-24-12-15-35(31-43)28-41-29-39-21-11-10-20-38(39)27-33-22-25-42(26-23-33)32-40(36-16-6-2-7-17-36)37-18-8-3-9-19-37/h1-11,13-14,16-21,27,35,40-41H,12,15,22-26,28-32H2. The second kappa shape index (κ2) is 15.3. The molecule has 0 amide bonds. The molecule has 1 N–H and O–H groups in total. The van der Waals surface area contributed by atoms with E-state index in [1.54, 1.807) is 5.57 Å². The second-order valence-corrected chi connectivity index (χ2v) is 12.5. The molecule has 43 heavy (non-hydrogen) atoms. The molecule has 6 rings (SSSR count). The van der Waals surface area contributed by atoms with Crippen molar-refractivity contribution in [1.29, 1.82) is 0 Å². The third-order valence-corrected chi connectivity index (χ3v) is 9.36. The van der Waals surface area contributed by atoms with Crippen molar-refractivity contribution >= 4 is 6.08 Å². The van der Waals surface area contributed by atoms with Crippen LogP contribution in [0, 0.1) is 5.92 Å². The van der Waals surface area contributed by atoms with Crippen molar-refractivity contribution in [2.75, 3.05) is 39.3 Å². The van der Waals surface area contributed by atoms with Crippen LogP contribution in [0.3, 0.4) is 0 Å². The third kappa shape index (κ3) is 8.54. The van der Waals surface area contributed by atoms with E-state index in [-0.39, 0.29) is 0 Å². The molecule has 0 radical (unpaired) electrons. The van der Waals surface area contributed by atoms with Gasteiger partial charge in [0.15, 0.2) is 0 Å². The fraction of sp³-hybridized carbons (Fsp3) is 0.350. The molecule has 2 heterocycles. The van der Waals surface area contributed by atoms with E-state index >= 15 is 0 Å². The van der Waals surface area contributed by atoms with Gasteiger partial charge in [-0.15, -0.1) is 0 Å². The maximum atomic E-state index is 3.83. The molecule has 0 bridgehead atoms. The Kier molecular flexibility index (Phi) is 10.5. The van der Waals surface area contributed by atoms with Crippen molar-refractivity contribution in [3.8, 4) is 0 Å². The summed E-state index contributed by atoms with van der Waals surface area (Å²) in [6.07, 6.45) is 7.42. The molecule has 2 saturated heterocycles. The number of hydrogen-bond donors (Lipinski definition) is 1. The summed E-state index contributed by atoms with van der Waals surface area (Å²) in [5.74, 6) is 1.14. The van der Waals surface area contributed by atoms with Gasteiger partial charge in [0.25, 0.3) is 0 Å². The molecule has 0 aromatic heterocycles. The number of rotatable bonds is 11. The van der Waals surface area contributed by atoms with Crippen LogP contribution in [0.4, 0.5) is 0 Å². The molecule has 0 spiro atoms. The average molecular weight is 570 g/mol. The average Bonchev–Trinajstić information content (AvgIpc) is 3.07. The van der Waals surface area contributed by atoms with Gasteiger partial charge in [-0.2, -0.15) is 0 Å². The monoisotopic (exact) mass is 569 g/mol. The van der Waals surface area contributed by atoms with Crippen LogP contribution >= 0.6 is 0 Å². The van der Waals surface area contributed by atoms with Gasteiger partial charge in [0.1, 0.15) is 0 Å². The van der Waals surface area contributed by atoms with E-state index in [1.165, 1.54) is 53.7 Å². The van der Waals surface area contributed by atoms with Crippen molar-refractivity contribution in [3.05, 3.63) is 149 Å². The summed E-state index contributed by atoms with van der Waals surface area (Å²) in [6, 6.07) is 42.0. The van der Waals surface area contributed by atoms with Crippen molar-refractivity contribution in [2.24, 2.45) is 5.92 Å². The highest BCUT2D eigenvalue weighted by Crippen LogP contribution is 2.28. The molecule has 3 nitrogen and oxygen atoms in total. The maximum absolute atomic E-state index is 3.83. The molecule has 1 unspecified atom stereocenters. The lowest BCUT2D eigenvalue weighted by atomic mass is 9.90. The first-order valence-corrected chi connectivity index (χ1v) is 16.4. The van der Waals surface area contributed by atoms with Crippen LogP contribution in [-0.4, -0.2) is 49.1 Å². The van der Waals surface area contributed by atoms with Crippen LogP contribution in [0.15, 0.2) is 121 Å². The topological polar surface area (TPSA) is 18.5 Å². The molecule has 0 saturated carbocycles. The molecule has 222 valence electrons. The number of nitrogens with one attached hydrogen (secondary N) is 1. The van der Waals surface area contributed by atoms with E-state index in [9.17, 15) is 0 Å². The van der Waals surface area contributed by atoms with E-state index in [0.29, 0.717) is 5.92 Å². The Labute approximate surface area is 259 Å². The summed E-state index contributed by atoms with van der Waals surface area (Å²) in [5.41, 5.74) is 8.64. The minimum absolute atomic E-state index is 0.411. The zero-order valence-electron chi connectivity index (χ0n) is 25.6.